The Labute approximate surface area is 248 Å². The van der Waals surface area contributed by atoms with Crippen LogP contribution in [0, 0.1) is 35.0 Å². The lowest BCUT2D eigenvalue weighted by Gasteiger charge is -2.62. The molecule has 3 saturated carbocycles. The predicted molar refractivity (Wildman–Crippen MR) is 163 cm³/mol. The Morgan fingerprint density at radius 2 is 1.90 bits per heavy atom. The van der Waals surface area contributed by atoms with Gasteiger partial charge in [-0.05, 0) is 80.5 Å². The maximum atomic E-state index is 13.9. The second-order valence-electron chi connectivity index (χ2n) is 14.5. The molecule has 1 saturated heterocycles. The van der Waals surface area contributed by atoms with Gasteiger partial charge in [0, 0.05) is 31.1 Å². The van der Waals surface area contributed by atoms with Crippen molar-refractivity contribution in [3.05, 3.63) is 35.4 Å². The van der Waals surface area contributed by atoms with Gasteiger partial charge in [-0.25, -0.2) is 0 Å². The normalized spacial score (nSPS) is 32.6. The van der Waals surface area contributed by atoms with Crippen molar-refractivity contribution >= 4 is 5.91 Å². The van der Waals surface area contributed by atoms with E-state index in [0.29, 0.717) is 41.7 Å². The summed E-state index contributed by atoms with van der Waals surface area (Å²) in [6.07, 6.45) is 1.93. The molecule has 0 aromatic heterocycles. The van der Waals surface area contributed by atoms with Crippen LogP contribution in [0.5, 0.6) is 0 Å². The second-order valence-corrected chi connectivity index (χ2v) is 14.5. The first-order valence-corrected chi connectivity index (χ1v) is 15.8. The van der Waals surface area contributed by atoms with Crippen molar-refractivity contribution in [2.24, 2.45) is 35.0 Å². The molecule has 8 nitrogen and oxygen atoms in total. The summed E-state index contributed by atoms with van der Waals surface area (Å²) in [6.45, 7) is 15.1. The van der Waals surface area contributed by atoms with E-state index in [9.17, 15) is 15.0 Å². The maximum absolute atomic E-state index is 13.9. The zero-order valence-corrected chi connectivity index (χ0v) is 26.6. The fraction of sp³-hybridized carbons (Fsp3) is 0.788. The van der Waals surface area contributed by atoms with Crippen molar-refractivity contribution in [2.75, 3.05) is 27.2 Å². The summed E-state index contributed by atoms with van der Waals surface area (Å²) in [4.78, 5) is 22.3. The summed E-state index contributed by atoms with van der Waals surface area (Å²) >= 11 is 0. The number of aliphatic hydroxyl groups is 2. The number of rotatable bonds is 13. The van der Waals surface area contributed by atoms with E-state index < -0.39 is 24.2 Å². The molecule has 41 heavy (non-hydrogen) atoms. The molecule has 1 aliphatic heterocycles. The van der Waals surface area contributed by atoms with Gasteiger partial charge >= 0.3 is 0 Å². The van der Waals surface area contributed by atoms with Gasteiger partial charge in [0.05, 0.1) is 19.3 Å². The molecule has 0 radical (unpaired) electrons. The Kier molecular flexibility index (Phi) is 10.6. The highest BCUT2D eigenvalue weighted by Crippen LogP contribution is 2.61. The number of hydroxylamine groups is 2. The number of hydrogen-bond donors (Lipinski definition) is 4. The van der Waals surface area contributed by atoms with E-state index in [0.717, 1.165) is 31.5 Å². The Morgan fingerprint density at radius 3 is 2.49 bits per heavy atom. The molecule has 2 unspecified atom stereocenters. The van der Waals surface area contributed by atoms with Crippen molar-refractivity contribution in [3.8, 4) is 0 Å². The monoisotopic (exact) mass is 572 g/mol. The van der Waals surface area contributed by atoms with E-state index in [-0.39, 0.29) is 18.6 Å². The van der Waals surface area contributed by atoms with Crippen LogP contribution < -0.4 is 10.6 Å². The number of carbonyl (C=O) groups is 1. The minimum atomic E-state index is -0.797. The smallest absolute Gasteiger partial charge is 0.240 e. The van der Waals surface area contributed by atoms with Gasteiger partial charge < -0.3 is 25.7 Å². The molecule has 4 fully saturated rings. The SMILES string of the molecule is CC(C)C[C@@H](CN(C)C)NCc1cccc(CN2O[C@@H](CO)C([C@H](C)O)[C@H]2C(=O)NC2C[C@H]3C[C@@H]([C@@H]2C)C3(C)C)c1. The lowest BCUT2D eigenvalue weighted by molar-refractivity contribution is -0.183. The molecule has 8 heteroatoms. The molecule has 1 aromatic carbocycles. The van der Waals surface area contributed by atoms with E-state index >= 15 is 0 Å². The zero-order valence-electron chi connectivity index (χ0n) is 26.6. The molecule has 4 N–H and O–H groups in total. The number of nitrogens with zero attached hydrogens (tertiary/aromatic N) is 2. The standard InChI is InChI=1S/C33H56N4O4/c1-20(2)12-26(18-36(7)8)34-16-23-10-9-11-24(13-23)17-37-31(30(22(4)39)29(19-38)41-37)32(40)35-28-15-25-14-27(21(28)3)33(25,5)6/h9-11,13,20-22,25-31,34,38-39H,12,14-19H2,1-8H3,(H,35,40)/t21-,22-,25+,26-,27-,28?,29-,30?,31-/m0/s1. The summed E-state index contributed by atoms with van der Waals surface area (Å²) in [5.74, 6) is 1.65. The lowest BCUT2D eigenvalue weighted by atomic mass is 9.45. The van der Waals surface area contributed by atoms with Gasteiger partial charge in [-0.1, -0.05) is 58.9 Å². The summed E-state index contributed by atoms with van der Waals surface area (Å²) in [5.41, 5.74) is 2.56. The molecular weight excluding hydrogens is 516 g/mol. The van der Waals surface area contributed by atoms with E-state index in [1.54, 1.807) is 12.0 Å². The number of fused-ring (bicyclic) bond motifs is 2. The third-order valence-electron chi connectivity index (χ3n) is 10.3. The van der Waals surface area contributed by atoms with Crippen molar-refractivity contribution in [1.82, 2.24) is 20.6 Å². The first kappa shape index (κ1) is 32.4. The average molecular weight is 573 g/mol. The fourth-order valence-corrected chi connectivity index (χ4v) is 8.00. The number of aliphatic hydroxyl groups excluding tert-OH is 2. The van der Waals surface area contributed by atoms with Gasteiger partial charge in [0.25, 0.3) is 0 Å². The molecule has 9 atom stereocenters. The van der Waals surface area contributed by atoms with Crippen LogP contribution in [0.4, 0.5) is 0 Å². The van der Waals surface area contributed by atoms with Crippen LogP contribution in [0.15, 0.2) is 24.3 Å². The summed E-state index contributed by atoms with van der Waals surface area (Å²) in [7, 11) is 4.22. The summed E-state index contributed by atoms with van der Waals surface area (Å²) in [6, 6.07) is 8.24. The number of hydrogen-bond acceptors (Lipinski definition) is 7. The van der Waals surface area contributed by atoms with Gasteiger partial charge in [-0.3, -0.25) is 9.63 Å². The molecule has 5 rings (SSSR count). The largest absolute Gasteiger partial charge is 0.394 e. The number of carbonyl (C=O) groups excluding carboxylic acids is 1. The molecule has 1 aromatic rings. The Morgan fingerprint density at radius 1 is 1.20 bits per heavy atom. The first-order valence-electron chi connectivity index (χ1n) is 15.8. The van der Waals surface area contributed by atoms with Gasteiger partial charge in [-0.2, -0.15) is 5.06 Å². The quantitative estimate of drug-likeness (QED) is 0.288. The molecule has 2 bridgehead atoms. The molecular formula is C33H56N4O4. The van der Waals surface area contributed by atoms with Crippen LogP contribution in [-0.4, -0.2) is 83.7 Å². The maximum Gasteiger partial charge on any atom is 0.240 e. The molecule has 3 aliphatic carbocycles. The van der Waals surface area contributed by atoms with Crippen LogP contribution in [-0.2, 0) is 22.7 Å². The van der Waals surface area contributed by atoms with Crippen molar-refractivity contribution in [3.63, 3.8) is 0 Å². The number of likely N-dealkylation sites (N-methyl/N-ethyl adjacent to an activating group) is 1. The second kappa shape index (κ2) is 13.4. The van der Waals surface area contributed by atoms with Crippen molar-refractivity contribution in [1.29, 1.82) is 0 Å². The van der Waals surface area contributed by atoms with Gasteiger partial charge in [0.2, 0.25) is 5.91 Å². The average Bonchev–Trinajstić information content (AvgIpc) is 3.26. The molecule has 1 heterocycles. The van der Waals surface area contributed by atoms with E-state index in [1.165, 1.54) is 12.0 Å². The zero-order chi connectivity index (χ0) is 30.1. The predicted octanol–water partition coefficient (Wildman–Crippen LogP) is 3.41. The summed E-state index contributed by atoms with van der Waals surface area (Å²) in [5, 5.41) is 29.6. The highest BCUT2D eigenvalue weighted by Gasteiger charge is 2.57. The Balaban J connectivity index is 1.46. The minimum absolute atomic E-state index is 0.110. The molecule has 232 valence electrons. The third kappa shape index (κ3) is 7.34. The van der Waals surface area contributed by atoms with Crippen molar-refractivity contribution < 1.29 is 19.8 Å². The Bertz CT molecular complexity index is 1000. The lowest BCUT2D eigenvalue weighted by Crippen LogP contribution is -2.62. The van der Waals surface area contributed by atoms with Gasteiger partial charge in [0.1, 0.15) is 12.1 Å². The van der Waals surface area contributed by atoms with E-state index in [2.05, 4.69) is 82.4 Å². The molecule has 1 amide bonds. The van der Waals surface area contributed by atoms with Gasteiger partial charge in [-0.15, -0.1) is 0 Å². The van der Waals surface area contributed by atoms with Crippen LogP contribution in [0.2, 0.25) is 0 Å². The number of benzene rings is 1. The van der Waals surface area contributed by atoms with E-state index in [1.807, 2.05) is 6.07 Å². The van der Waals surface area contributed by atoms with Gasteiger partial charge in [0.15, 0.2) is 0 Å². The van der Waals surface area contributed by atoms with E-state index in [4.69, 9.17) is 4.84 Å². The molecule has 0 spiro atoms. The molecule has 4 aliphatic rings. The van der Waals surface area contributed by atoms with Crippen LogP contribution in [0.3, 0.4) is 0 Å². The van der Waals surface area contributed by atoms with Crippen LogP contribution >= 0.6 is 0 Å². The highest BCUT2D eigenvalue weighted by molar-refractivity contribution is 5.82. The number of amides is 1. The Hall–Kier alpha value is -1.55. The highest BCUT2D eigenvalue weighted by atomic mass is 16.7. The van der Waals surface area contributed by atoms with Crippen LogP contribution in [0.25, 0.3) is 0 Å². The van der Waals surface area contributed by atoms with Crippen LogP contribution in [0.1, 0.15) is 71.9 Å². The fourth-order valence-electron chi connectivity index (χ4n) is 8.00. The third-order valence-corrected chi connectivity index (χ3v) is 10.3. The topological polar surface area (TPSA) is 97.3 Å². The summed E-state index contributed by atoms with van der Waals surface area (Å²) < 4.78 is 0. The first-order chi connectivity index (χ1) is 19.3. The number of nitrogens with one attached hydrogen (secondary N) is 2. The van der Waals surface area contributed by atoms with Crippen molar-refractivity contribution in [2.45, 2.75) is 104 Å². The minimum Gasteiger partial charge on any atom is -0.394 e.